The smallest absolute Gasteiger partial charge is 0.247 e. The van der Waals surface area contributed by atoms with Crippen LogP contribution in [0.3, 0.4) is 0 Å². The zero-order valence-electron chi connectivity index (χ0n) is 18.2. The van der Waals surface area contributed by atoms with E-state index in [0.29, 0.717) is 6.54 Å². The van der Waals surface area contributed by atoms with E-state index in [1.54, 1.807) is 40.5 Å². The van der Waals surface area contributed by atoms with Crippen molar-refractivity contribution in [3.63, 3.8) is 0 Å². The standard InChI is InChI=1S/C27H25FN2O2S/c1-2-16-29(25(31)13-8-20-6-4-3-5-7-20)19-26(32)30-17-14-24-23(15-18-33-24)27(30)21-9-11-22(28)12-10-21/h2-13,15,18,27H,1,14,16-17,19H2/b13-8+/t27-/m1/s1. The first-order chi connectivity index (χ1) is 16.1. The molecule has 0 unspecified atom stereocenters. The Hall–Kier alpha value is -3.51. The Morgan fingerprint density at radius 1 is 1.12 bits per heavy atom. The van der Waals surface area contributed by atoms with Gasteiger partial charge < -0.3 is 9.80 Å². The molecule has 0 radical (unpaired) electrons. The second-order valence-corrected chi connectivity index (χ2v) is 8.84. The molecule has 0 saturated carbocycles. The van der Waals surface area contributed by atoms with E-state index in [1.807, 2.05) is 41.8 Å². The Balaban J connectivity index is 1.55. The van der Waals surface area contributed by atoms with Gasteiger partial charge in [0.1, 0.15) is 12.4 Å². The van der Waals surface area contributed by atoms with Crippen LogP contribution in [0.15, 0.2) is 84.8 Å². The molecule has 1 aromatic heterocycles. The molecule has 168 valence electrons. The van der Waals surface area contributed by atoms with E-state index in [2.05, 4.69) is 6.58 Å². The zero-order valence-corrected chi connectivity index (χ0v) is 19.0. The SMILES string of the molecule is C=CCN(CC(=O)N1CCc2sccc2[C@H]1c1ccc(F)cc1)C(=O)/C=C/c1ccccc1. The number of nitrogens with zero attached hydrogens (tertiary/aromatic N) is 2. The Morgan fingerprint density at radius 3 is 2.61 bits per heavy atom. The van der Waals surface area contributed by atoms with Crippen LogP contribution in [0.1, 0.15) is 27.6 Å². The maximum absolute atomic E-state index is 13.5. The molecule has 3 aromatic rings. The molecule has 2 aromatic carbocycles. The van der Waals surface area contributed by atoms with Gasteiger partial charge in [0.25, 0.3) is 0 Å². The number of amides is 2. The Labute approximate surface area is 197 Å². The lowest BCUT2D eigenvalue weighted by atomic mass is 9.93. The van der Waals surface area contributed by atoms with Gasteiger partial charge in [0.05, 0.1) is 6.04 Å². The van der Waals surface area contributed by atoms with Gasteiger partial charge in [-0.2, -0.15) is 0 Å². The van der Waals surface area contributed by atoms with Crippen molar-refractivity contribution < 1.29 is 14.0 Å². The number of rotatable bonds is 7. The average Bonchev–Trinajstić information content (AvgIpc) is 3.32. The molecule has 4 nitrogen and oxygen atoms in total. The maximum Gasteiger partial charge on any atom is 0.247 e. The van der Waals surface area contributed by atoms with Crippen LogP contribution in [-0.4, -0.2) is 41.2 Å². The van der Waals surface area contributed by atoms with Crippen molar-refractivity contribution in [3.05, 3.63) is 112 Å². The summed E-state index contributed by atoms with van der Waals surface area (Å²) in [6.45, 7) is 4.50. The number of carbonyl (C=O) groups excluding carboxylic acids is 2. The molecule has 2 heterocycles. The molecule has 33 heavy (non-hydrogen) atoms. The number of hydrogen-bond donors (Lipinski definition) is 0. The third-order valence-corrected chi connectivity index (χ3v) is 6.67. The molecule has 4 rings (SSSR count). The largest absolute Gasteiger partial charge is 0.330 e. The lowest BCUT2D eigenvalue weighted by Crippen LogP contribution is -2.46. The summed E-state index contributed by atoms with van der Waals surface area (Å²) in [6, 6.07) is 17.6. The normalized spacial score (nSPS) is 15.3. The van der Waals surface area contributed by atoms with Crippen molar-refractivity contribution in [2.45, 2.75) is 12.5 Å². The summed E-state index contributed by atoms with van der Waals surface area (Å²) < 4.78 is 13.5. The lowest BCUT2D eigenvalue weighted by Gasteiger charge is -2.37. The molecular weight excluding hydrogens is 435 g/mol. The van der Waals surface area contributed by atoms with Gasteiger partial charge in [0, 0.05) is 24.0 Å². The summed E-state index contributed by atoms with van der Waals surface area (Å²) in [7, 11) is 0. The van der Waals surface area contributed by atoms with Crippen molar-refractivity contribution >= 4 is 29.2 Å². The number of carbonyl (C=O) groups is 2. The molecule has 0 aliphatic carbocycles. The fourth-order valence-corrected chi connectivity index (χ4v) is 4.97. The van der Waals surface area contributed by atoms with Crippen molar-refractivity contribution in [1.29, 1.82) is 0 Å². The van der Waals surface area contributed by atoms with Crippen molar-refractivity contribution in [2.24, 2.45) is 0 Å². The fraction of sp³-hybridized carbons (Fsp3) is 0.185. The minimum absolute atomic E-state index is 0.0544. The lowest BCUT2D eigenvalue weighted by molar-refractivity contribution is -0.139. The number of benzene rings is 2. The molecule has 1 atom stereocenters. The second-order valence-electron chi connectivity index (χ2n) is 7.84. The highest BCUT2D eigenvalue weighted by Gasteiger charge is 2.33. The topological polar surface area (TPSA) is 40.6 Å². The highest BCUT2D eigenvalue weighted by atomic mass is 32.1. The minimum atomic E-state index is -0.314. The van der Waals surface area contributed by atoms with Crippen LogP contribution >= 0.6 is 11.3 Å². The fourth-order valence-electron chi connectivity index (χ4n) is 4.07. The molecule has 0 fully saturated rings. The van der Waals surface area contributed by atoms with Crippen LogP contribution < -0.4 is 0 Å². The number of fused-ring (bicyclic) bond motifs is 1. The maximum atomic E-state index is 13.5. The van der Waals surface area contributed by atoms with Gasteiger partial charge in [0.15, 0.2) is 0 Å². The van der Waals surface area contributed by atoms with Crippen LogP contribution in [0.4, 0.5) is 4.39 Å². The van der Waals surface area contributed by atoms with Crippen LogP contribution in [0.2, 0.25) is 0 Å². The van der Waals surface area contributed by atoms with E-state index < -0.39 is 0 Å². The molecule has 0 spiro atoms. The molecule has 2 amide bonds. The summed E-state index contributed by atoms with van der Waals surface area (Å²) in [5.41, 5.74) is 2.83. The van der Waals surface area contributed by atoms with Gasteiger partial charge in [-0.1, -0.05) is 48.5 Å². The van der Waals surface area contributed by atoms with E-state index in [9.17, 15) is 14.0 Å². The number of hydrogen-bond acceptors (Lipinski definition) is 3. The quantitative estimate of drug-likeness (QED) is 0.364. The van der Waals surface area contributed by atoms with Crippen molar-refractivity contribution in [1.82, 2.24) is 9.80 Å². The van der Waals surface area contributed by atoms with E-state index >= 15 is 0 Å². The van der Waals surface area contributed by atoms with Crippen molar-refractivity contribution in [2.75, 3.05) is 19.6 Å². The average molecular weight is 461 g/mol. The van der Waals surface area contributed by atoms with Crippen molar-refractivity contribution in [3.8, 4) is 0 Å². The molecule has 1 aliphatic heterocycles. The Kier molecular flexibility index (Phi) is 7.15. The monoisotopic (exact) mass is 460 g/mol. The molecule has 1 aliphatic rings. The summed E-state index contributed by atoms with van der Waals surface area (Å²) in [5, 5.41) is 2.02. The molecular formula is C27H25FN2O2S. The second kappa shape index (κ2) is 10.4. The highest BCUT2D eigenvalue weighted by Crippen LogP contribution is 2.37. The van der Waals surface area contributed by atoms with E-state index in [1.165, 1.54) is 28.0 Å². The Morgan fingerprint density at radius 2 is 1.88 bits per heavy atom. The predicted molar refractivity (Wildman–Crippen MR) is 130 cm³/mol. The molecule has 0 saturated heterocycles. The minimum Gasteiger partial charge on any atom is -0.330 e. The highest BCUT2D eigenvalue weighted by molar-refractivity contribution is 7.10. The van der Waals surface area contributed by atoms with Gasteiger partial charge in [0.2, 0.25) is 11.8 Å². The Bertz CT molecular complexity index is 1150. The van der Waals surface area contributed by atoms with Crippen LogP contribution in [0.5, 0.6) is 0 Å². The van der Waals surface area contributed by atoms with Gasteiger partial charge >= 0.3 is 0 Å². The molecule has 0 bridgehead atoms. The van der Waals surface area contributed by atoms with E-state index in [-0.39, 0.29) is 36.8 Å². The van der Waals surface area contributed by atoms with Crippen LogP contribution in [0.25, 0.3) is 6.08 Å². The summed E-state index contributed by atoms with van der Waals surface area (Å²) in [5.74, 6) is -0.714. The van der Waals surface area contributed by atoms with Gasteiger partial charge in [-0.3, -0.25) is 9.59 Å². The first-order valence-corrected chi connectivity index (χ1v) is 11.7. The number of halogens is 1. The van der Waals surface area contributed by atoms with Gasteiger partial charge in [-0.15, -0.1) is 17.9 Å². The summed E-state index contributed by atoms with van der Waals surface area (Å²) in [6.07, 6.45) is 5.60. The van der Waals surface area contributed by atoms with Gasteiger partial charge in [-0.05, 0) is 52.8 Å². The van der Waals surface area contributed by atoms with E-state index in [0.717, 1.165) is 23.1 Å². The van der Waals surface area contributed by atoms with E-state index in [4.69, 9.17) is 0 Å². The van der Waals surface area contributed by atoms with Crippen LogP contribution in [-0.2, 0) is 16.0 Å². The number of thiophene rings is 1. The first-order valence-electron chi connectivity index (χ1n) is 10.8. The first kappa shape index (κ1) is 22.7. The summed E-state index contributed by atoms with van der Waals surface area (Å²) in [4.78, 5) is 30.8. The van der Waals surface area contributed by atoms with Crippen LogP contribution in [0, 0.1) is 5.82 Å². The zero-order chi connectivity index (χ0) is 23.2. The third kappa shape index (κ3) is 5.29. The molecule has 6 heteroatoms. The third-order valence-electron chi connectivity index (χ3n) is 5.68. The van der Waals surface area contributed by atoms with Gasteiger partial charge in [-0.25, -0.2) is 4.39 Å². The summed E-state index contributed by atoms with van der Waals surface area (Å²) >= 11 is 1.67. The predicted octanol–water partition coefficient (Wildman–Crippen LogP) is 5.09. The molecule has 0 N–H and O–H groups in total.